The minimum absolute atomic E-state index is 0.112. The first-order chi connectivity index (χ1) is 16.9. The molecule has 0 bridgehead atoms. The van der Waals surface area contributed by atoms with Crippen molar-refractivity contribution < 1.29 is 5.11 Å². The molecule has 0 radical (unpaired) electrons. The summed E-state index contributed by atoms with van der Waals surface area (Å²) in [6.07, 6.45) is 0. The second-order valence-corrected chi connectivity index (χ2v) is 12.5. The lowest BCUT2D eigenvalue weighted by Crippen LogP contribution is -2.31. The lowest BCUT2D eigenvalue weighted by atomic mass is 9.71. The minimum Gasteiger partial charge on any atom is -0.508 e. The molecule has 0 spiro atoms. The predicted octanol–water partition coefficient (Wildman–Crippen LogP) is 9.11. The van der Waals surface area contributed by atoms with Gasteiger partial charge in [0.25, 0.3) is 0 Å². The van der Waals surface area contributed by atoms with Crippen molar-refractivity contribution in [1.29, 1.82) is 0 Å². The molecule has 0 amide bonds. The zero-order chi connectivity index (χ0) is 25.6. The summed E-state index contributed by atoms with van der Waals surface area (Å²) in [4.78, 5) is 2.44. The molecule has 2 heteroatoms. The number of benzene rings is 4. The maximum Gasteiger partial charge on any atom is 0.115 e. The van der Waals surface area contributed by atoms with E-state index >= 15 is 0 Å². The van der Waals surface area contributed by atoms with Gasteiger partial charge in [-0.25, -0.2) is 0 Å². The largest absolute Gasteiger partial charge is 0.508 e. The fraction of sp³-hybridized carbons (Fsp3) is 0.294. The number of hydrogen-bond donors (Lipinski definition) is 1. The van der Waals surface area contributed by atoms with Crippen LogP contribution in [0.5, 0.6) is 5.75 Å². The van der Waals surface area contributed by atoms with Crippen LogP contribution in [0.15, 0.2) is 78.9 Å². The summed E-state index contributed by atoms with van der Waals surface area (Å²) in [6.45, 7) is 16.0. The van der Waals surface area contributed by atoms with Gasteiger partial charge in [0.15, 0.2) is 0 Å². The summed E-state index contributed by atoms with van der Waals surface area (Å²) < 4.78 is 0. The second kappa shape index (κ2) is 7.26. The van der Waals surface area contributed by atoms with Crippen LogP contribution in [0.2, 0.25) is 0 Å². The Hall–Kier alpha value is -3.52. The molecular weight excluding hydrogens is 438 g/mol. The van der Waals surface area contributed by atoms with Gasteiger partial charge in [-0.1, -0.05) is 84.9 Å². The minimum atomic E-state index is -0.193. The molecule has 0 aromatic heterocycles. The summed E-state index contributed by atoms with van der Waals surface area (Å²) in [5, 5.41) is 10.3. The normalized spacial score (nSPS) is 16.7. The molecule has 1 aliphatic heterocycles. The van der Waals surface area contributed by atoms with Gasteiger partial charge in [0.1, 0.15) is 5.75 Å². The SMILES string of the molecule is CC(C)(C)c1ccc(N2c3ccccc3C(C)(C)c3cc4c(cc32)C(C)(C)c2cc(O)ccc2-4)cc1. The Labute approximate surface area is 215 Å². The van der Waals surface area contributed by atoms with Crippen LogP contribution in [-0.4, -0.2) is 5.11 Å². The van der Waals surface area contributed by atoms with Crippen molar-refractivity contribution in [1.82, 2.24) is 0 Å². The van der Waals surface area contributed by atoms with Gasteiger partial charge in [-0.2, -0.15) is 0 Å². The predicted molar refractivity (Wildman–Crippen MR) is 151 cm³/mol. The molecular formula is C34H35NO. The average molecular weight is 474 g/mol. The number of aromatic hydroxyl groups is 1. The lowest BCUT2D eigenvalue weighted by Gasteiger charge is -2.43. The molecule has 0 saturated heterocycles. The molecule has 0 atom stereocenters. The van der Waals surface area contributed by atoms with Crippen molar-refractivity contribution in [2.24, 2.45) is 0 Å². The highest BCUT2D eigenvalue weighted by molar-refractivity contribution is 5.91. The Morgan fingerprint density at radius 3 is 1.94 bits per heavy atom. The Bertz CT molecular complexity index is 1520. The van der Waals surface area contributed by atoms with Gasteiger partial charge in [0, 0.05) is 16.5 Å². The zero-order valence-electron chi connectivity index (χ0n) is 22.4. The van der Waals surface area contributed by atoms with Crippen LogP contribution in [0.3, 0.4) is 0 Å². The molecule has 1 N–H and O–H groups in total. The fourth-order valence-electron chi connectivity index (χ4n) is 6.30. The smallest absolute Gasteiger partial charge is 0.115 e. The van der Waals surface area contributed by atoms with Gasteiger partial charge in [0.2, 0.25) is 0 Å². The Kier molecular flexibility index (Phi) is 4.62. The quantitative estimate of drug-likeness (QED) is 0.298. The van der Waals surface area contributed by atoms with Crippen molar-refractivity contribution in [2.75, 3.05) is 4.90 Å². The van der Waals surface area contributed by atoms with Gasteiger partial charge in [-0.15, -0.1) is 0 Å². The molecule has 0 saturated carbocycles. The molecule has 0 fully saturated rings. The Morgan fingerprint density at radius 1 is 0.611 bits per heavy atom. The van der Waals surface area contributed by atoms with E-state index in [1.165, 1.54) is 56.0 Å². The van der Waals surface area contributed by atoms with E-state index in [1.54, 1.807) is 0 Å². The average Bonchev–Trinajstić information content (AvgIpc) is 3.04. The Morgan fingerprint density at radius 2 is 1.25 bits per heavy atom. The molecule has 4 aromatic carbocycles. The molecule has 2 nitrogen and oxygen atoms in total. The Balaban J connectivity index is 1.63. The molecule has 4 aromatic rings. The highest BCUT2D eigenvalue weighted by Crippen LogP contribution is 2.57. The van der Waals surface area contributed by atoms with Gasteiger partial charge >= 0.3 is 0 Å². The first-order valence-electron chi connectivity index (χ1n) is 12.9. The summed E-state index contributed by atoms with van der Waals surface area (Å²) in [7, 11) is 0. The monoisotopic (exact) mass is 473 g/mol. The van der Waals surface area contributed by atoms with Gasteiger partial charge < -0.3 is 10.0 Å². The van der Waals surface area contributed by atoms with E-state index in [1.807, 2.05) is 12.1 Å². The second-order valence-electron chi connectivity index (χ2n) is 12.5. The third kappa shape index (κ3) is 3.10. The number of anilines is 3. The van der Waals surface area contributed by atoms with Crippen LogP contribution in [0.25, 0.3) is 11.1 Å². The van der Waals surface area contributed by atoms with Crippen LogP contribution in [0, 0.1) is 0 Å². The standard InChI is InChI=1S/C34H35NO/c1-32(2,3)21-12-14-22(15-13-21)35-30-11-9-8-10-26(30)33(4,5)29-19-25-24-17-16-23(36)18-27(24)34(6,7)28(25)20-31(29)35/h8-20,36H,1-7H3. The van der Waals surface area contributed by atoms with E-state index in [2.05, 4.69) is 120 Å². The number of rotatable bonds is 1. The summed E-state index contributed by atoms with van der Waals surface area (Å²) >= 11 is 0. The van der Waals surface area contributed by atoms with Gasteiger partial charge in [-0.3, -0.25) is 0 Å². The van der Waals surface area contributed by atoms with E-state index in [4.69, 9.17) is 0 Å². The first-order valence-corrected chi connectivity index (χ1v) is 12.9. The number of phenolic OH excluding ortho intramolecular Hbond substituents is 1. The van der Waals surface area contributed by atoms with E-state index in [9.17, 15) is 5.11 Å². The third-order valence-electron chi connectivity index (χ3n) is 8.50. The fourth-order valence-corrected chi connectivity index (χ4v) is 6.30. The number of phenols is 1. The summed E-state index contributed by atoms with van der Waals surface area (Å²) in [5.41, 5.74) is 12.4. The van der Waals surface area contributed by atoms with Gasteiger partial charge in [-0.05, 0) is 86.8 Å². The topological polar surface area (TPSA) is 23.5 Å². The molecule has 182 valence electrons. The maximum absolute atomic E-state index is 10.3. The summed E-state index contributed by atoms with van der Waals surface area (Å²) in [6, 6.07) is 28.6. The highest BCUT2D eigenvalue weighted by atomic mass is 16.3. The molecule has 2 aliphatic rings. The molecule has 1 aliphatic carbocycles. The van der Waals surface area contributed by atoms with Crippen LogP contribution >= 0.6 is 0 Å². The van der Waals surface area contributed by atoms with Crippen LogP contribution in [0.4, 0.5) is 17.1 Å². The molecule has 1 heterocycles. The number of para-hydroxylation sites is 1. The first kappa shape index (κ1) is 22.9. The number of nitrogens with zero attached hydrogens (tertiary/aromatic N) is 1. The van der Waals surface area contributed by atoms with Crippen molar-refractivity contribution in [2.45, 2.75) is 64.7 Å². The zero-order valence-corrected chi connectivity index (χ0v) is 22.4. The van der Waals surface area contributed by atoms with Crippen LogP contribution < -0.4 is 4.90 Å². The maximum atomic E-state index is 10.3. The number of fused-ring (bicyclic) bond motifs is 5. The molecule has 0 unspecified atom stereocenters. The van der Waals surface area contributed by atoms with Gasteiger partial charge in [0.05, 0.1) is 11.4 Å². The molecule has 6 rings (SSSR count). The van der Waals surface area contributed by atoms with Crippen LogP contribution in [0.1, 0.15) is 76.3 Å². The number of hydrogen-bond acceptors (Lipinski definition) is 2. The summed E-state index contributed by atoms with van der Waals surface area (Å²) in [5.74, 6) is 0.327. The van der Waals surface area contributed by atoms with E-state index in [-0.39, 0.29) is 16.2 Å². The van der Waals surface area contributed by atoms with Crippen molar-refractivity contribution >= 4 is 17.1 Å². The van der Waals surface area contributed by atoms with Crippen molar-refractivity contribution in [3.8, 4) is 16.9 Å². The van der Waals surface area contributed by atoms with Crippen molar-refractivity contribution in [3.63, 3.8) is 0 Å². The van der Waals surface area contributed by atoms with E-state index in [0.29, 0.717) is 5.75 Å². The van der Waals surface area contributed by atoms with E-state index in [0.717, 1.165) is 0 Å². The molecule has 36 heavy (non-hydrogen) atoms. The lowest BCUT2D eigenvalue weighted by molar-refractivity contribution is 0.473. The van der Waals surface area contributed by atoms with E-state index < -0.39 is 0 Å². The van der Waals surface area contributed by atoms with Crippen LogP contribution in [-0.2, 0) is 16.2 Å². The highest BCUT2D eigenvalue weighted by Gasteiger charge is 2.42. The van der Waals surface area contributed by atoms with Crippen molar-refractivity contribution in [3.05, 3.63) is 107 Å². The third-order valence-corrected chi connectivity index (χ3v) is 8.50.